The number of ketones is 1. The summed E-state index contributed by atoms with van der Waals surface area (Å²) in [6, 6.07) is 6.75. The lowest BCUT2D eigenvalue weighted by Crippen LogP contribution is -2.06. The first-order valence-electron chi connectivity index (χ1n) is 5.33. The highest BCUT2D eigenvalue weighted by Gasteiger charge is 2.03. The Labute approximate surface area is 100 Å². The van der Waals surface area contributed by atoms with Crippen molar-refractivity contribution in [1.29, 1.82) is 0 Å². The smallest absolute Gasteiger partial charge is 0.221 e. The Morgan fingerprint density at radius 3 is 2.82 bits per heavy atom. The predicted molar refractivity (Wildman–Crippen MR) is 65.8 cm³/mol. The lowest BCUT2D eigenvalue weighted by atomic mass is 10.1. The van der Waals surface area contributed by atoms with Gasteiger partial charge in [-0.1, -0.05) is 12.1 Å². The molecule has 0 aliphatic rings. The number of hydrogen-bond donors (Lipinski definition) is 1. The average molecular weight is 233 g/mol. The highest BCUT2D eigenvalue weighted by atomic mass is 16.5. The number of allylic oxidation sites excluding steroid dienone is 1. The molecule has 1 rings (SSSR count). The molecule has 0 aromatic heterocycles. The van der Waals surface area contributed by atoms with Crippen molar-refractivity contribution < 1.29 is 14.3 Å². The Hall–Kier alpha value is -2.10. The van der Waals surface area contributed by atoms with E-state index in [9.17, 15) is 9.59 Å². The van der Waals surface area contributed by atoms with Crippen molar-refractivity contribution in [2.75, 3.05) is 11.9 Å². The van der Waals surface area contributed by atoms with Crippen molar-refractivity contribution in [2.45, 2.75) is 13.8 Å². The molecule has 0 radical (unpaired) electrons. The van der Waals surface area contributed by atoms with Crippen LogP contribution in [0.2, 0.25) is 0 Å². The normalized spacial score (nSPS) is 10.2. The second-order valence-corrected chi connectivity index (χ2v) is 3.38. The van der Waals surface area contributed by atoms with Crippen LogP contribution >= 0.6 is 0 Å². The summed E-state index contributed by atoms with van der Waals surface area (Å²) in [5, 5.41) is 2.62. The van der Waals surface area contributed by atoms with E-state index in [2.05, 4.69) is 5.32 Å². The fourth-order valence-electron chi connectivity index (χ4n) is 1.26. The maximum atomic E-state index is 11.7. The van der Waals surface area contributed by atoms with Gasteiger partial charge in [-0.25, -0.2) is 0 Å². The number of benzene rings is 1. The van der Waals surface area contributed by atoms with E-state index in [-0.39, 0.29) is 11.7 Å². The lowest BCUT2D eigenvalue weighted by molar-refractivity contribution is -0.114. The molecule has 0 unspecified atom stereocenters. The summed E-state index contributed by atoms with van der Waals surface area (Å²) in [5.41, 5.74) is 1.11. The Morgan fingerprint density at radius 1 is 1.41 bits per heavy atom. The topological polar surface area (TPSA) is 55.4 Å². The van der Waals surface area contributed by atoms with E-state index in [4.69, 9.17) is 4.74 Å². The Balaban J connectivity index is 2.77. The van der Waals surface area contributed by atoms with Crippen molar-refractivity contribution in [2.24, 2.45) is 0 Å². The van der Waals surface area contributed by atoms with Gasteiger partial charge in [-0.15, -0.1) is 0 Å². The first kappa shape index (κ1) is 13.0. The van der Waals surface area contributed by atoms with Crippen molar-refractivity contribution in [3.8, 4) is 0 Å². The van der Waals surface area contributed by atoms with Crippen molar-refractivity contribution >= 4 is 17.4 Å². The van der Waals surface area contributed by atoms with Gasteiger partial charge in [-0.2, -0.15) is 0 Å². The highest BCUT2D eigenvalue weighted by Crippen LogP contribution is 2.11. The summed E-state index contributed by atoms with van der Waals surface area (Å²) in [4.78, 5) is 22.6. The summed E-state index contributed by atoms with van der Waals surface area (Å²) in [6.07, 6.45) is 2.73. The van der Waals surface area contributed by atoms with Crippen LogP contribution in [-0.2, 0) is 9.53 Å². The Morgan fingerprint density at radius 2 is 2.18 bits per heavy atom. The third kappa shape index (κ3) is 4.51. The fraction of sp³-hybridized carbons (Fsp3) is 0.231. The van der Waals surface area contributed by atoms with E-state index in [1.165, 1.54) is 19.3 Å². The van der Waals surface area contributed by atoms with Crippen LogP contribution in [0.5, 0.6) is 0 Å². The molecule has 0 heterocycles. The molecule has 1 aromatic carbocycles. The molecule has 17 heavy (non-hydrogen) atoms. The molecule has 0 spiro atoms. The molecular formula is C13H15NO3. The van der Waals surface area contributed by atoms with Gasteiger partial charge < -0.3 is 10.1 Å². The lowest BCUT2D eigenvalue weighted by Gasteiger charge is -2.03. The predicted octanol–water partition coefficient (Wildman–Crippen LogP) is 2.38. The molecular weight excluding hydrogens is 218 g/mol. The number of anilines is 1. The van der Waals surface area contributed by atoms with Gasteiger partial charge in [-0.05, 0) is 19.1 Å². The summed E-state index contributed by atoms with van der Waals surface area (Å²) in [6.45, 7) is 3.78. The molecule has 0 aliphatic heterocycles. The monoisotopic (exact) mass is 233 g/mol. The van der Waals surface area contributed by atoms with Crippen LogP contribution in [0, 0.1) is 0 Å². The summed E-state index contributed by atoms with van der Waals surface area (Å²) in [5.74, 6) is -0.329. The molecule has 90 valence electrons. The number of rotatable bonds is 5. The van der Waals surface area contributed by atoms with Crippen LogP contribution < -0.4 is 5.32 Å². The Kier molecular flexibility index (Phi) is 4.94. The van der Waals surface area contributed by atoms with Crippen LogP contribution in [0.25, 0.3) is 0 Å². The number of carbonyl (C=O) groups excluding carboxylic acids is 2. The molecule has 4 nitrogen and oxygen atoms in total. The van der Waals surface area contributed by atoms with Gasteiger partial charge in [0.25, 0.3) is 0 Å². The number of amides is 1. The largest absolute Gasteiger partial charge is 0.501 e. The molecule has 1 aromatic rings. The third-order valence-corrected chi connectivity index (χ3v) is 1.95. The van der Waals surface area contributed by atoms with E-state index in [1.54, 1.807) is 24.3 Å². The van der Waals surface area contributed by atoms with E-state index in [1.807, 2.05) is 6.92 Å². The number of carbonyl (C=O) groups is 2. The van der Waals surface area contributed by atoms with Crippen LogP contribution in [0.4, 0.5) is 5.69 Å². The minimum atomic E-state index is -0.167. The second-order valence-electron chi connectivity index (χ2n) is 3.38. The van der Waals surface area contributed by atoms with Crippen LogP contribution in [0.3, 0.4) is 0 Å². The first-order chi connectivity index (χ1) is 8.13. The van der Waals surface area contributed by atoms with Gasteiger partial charge in [0.1, 0.15) is 0 Å². The SMILES string of the molecule is CCO/C=C/C(=O)c1cccc(NC(C)=O)c1. The maximum absolute atomic E-state index is 11.7. The van der Waals surface area contributed by atoms with Gasteiger partial charge >= 0.3 is 0 Å². The molecule has 0 aliphatic carbocycles. The van der Waals surface area contributed by atoms with Crippen LogP contribution in [-0.4, -0.2) is 18.3 Å². The quantitative estimate of drug-likeness (QED) is 0.482. The molecule has 1 amide bonds. The molecule has 0 bridgehead atoms. The molecule has 0 atom stereocenters. The van der Waals surface area contributed by atoms with E-state index >= 15 is 0 Å². The zero-order valence-electron chi connectivity index (χ0n) is 9.90. The van der Waals surface area contributed by atoms with E-state index in [0.717, 1.165) is 0 Å². The molecule has 0 saturated heterocycles. The summed E-state index contributed by atoms with van der Waals surface area (Å²) >= 11 is 0. The number of ether oxygens (including phenoxy) is 1. The fourth-order valence-corrected chi connectivity index (χ4v) is 1.26. The van der Waals surface area contributed by atoms with Gasteiger partial charge in [-0.3, -0.25) is 9.59 Å². The van der Waals surface area contributed by atoms with Crippen molar-refractivity contribution in [1.82, 2.24) is 0 Å². The third-order valence-electron chi connectivity index (χ3n) is 1.95. The zero-order chi connectivity index (χ0) is 12.7. The van der Waals surface area contributed by atoms with E-state index < -0.39 is 0 Å². The molecule has 1 N–H and O–H groups in total. The zero-order valence-corrected chi connectivity index (χ0v) is 9.90. The molecule has 0 fully saturated rings. The second kappa shape index (κ2) is 6.48. The van der Waals surface area contributed by atoms with Crippen molar-refractivity contribution in [3.63, 3.8) is 0 Å². The summed E-state index contributed by atoms with van der Waals surface area (Å²) < 4.78 is 4.95. The van der Waals surface area contributed by atoms with Gasteiger partial charge in [0.2, 0.25) is 5.91 Å². The van der Waals surface area contributed by atoms with Crippen LogP contribution in [0.15, 0.2) is 36.6 Å². The first-order valence-corrected chi connectivity index (χ1v) is 5.33. The molecule has 4 heteroatoms. The average Bonchev–Trinajstić information content (AvgIpc) is 2.28. The summed E-state index contributed by atoms with van der Waals surface area (Å²) in [7, 11) is 0. The maximum Gasteiger partial charge on any atom is 0.221 e. The Bertz CT molecular complexity index is 438. The van der Waals surface area contributed by atoms with Gasteiger partial charge in [0, 0.05) is 24.3 Å². The number of nitrogens with one attached hydrogen (secondary N) is 1. The molecule has 0 saturated carbocycles. The highest BCUT2D eigenvalue weighted by molar-refractivity contribution is 6.05. The minimum Gasteiger partial charge on any atom is -0.501 e. The van der Waals surface area contributed by atoms with Crippen molar-refractivity contribution in [3.05, 3.63) is 42.2 Å². The van der Waals surface area contributed by atoms with E-state index in [0.29, 0.717) is 17.9 Å². The van der Waals surface area contributed by atoms with Gasteiger partial charge in [0.15, 0.2) is 5.78 Å². The number of hydrogen-bond acceptors (Lipinski definition) is 3. The van der Waals surface area contributed by atoms with Crippen LogP contribution in [0.1, 0.15) is 24.2 Å². The standard InChI is InChI=1S/C13H15NO3/c1-3-17-8-7-13(16)11-5-4-6-12(9-11)14-10(2)15/h4-9H,3H2,1-2H3,(H,14,15)/b8-7+. The van der Waals surface area contributed by atoms with Gasteiger partial charge in [0.05, 0.1) is 12.9 Å². The minimum absolute atomic E-state index is 0.161.